The van der Waals surface area contributed by atoms with E-state index >= 15 is 0 Å². The minimum atomic E-state index is -0.316. The molecule has 0 saturated carbocycles. The highest BCUT2D eigenvalue weighted by Crippen LogP contribution is 2.19. The molecule has 0 N–H and O–H groups in total. The average Bonchev–Trinajstić information content (AvgIpc) is 2.80. The molecule has 0 bridgehead atoms. The molecule has 25 heavy (non-hydrogen) atoms. The maximum atomic E-state index is 12.0. The number of fused-ring (bicyclic) bond motifs is 1. The van der Waals surface area contributed by atoms with Crippen LogP contribution < -0.4 is 5.63 Å². The molecule has 1 aliphatic rings. The number of rotatable bonds is 4. The monoisotopic (exact) mass is 344 g/mol. The van der Waals surface area contributed by atoms with Crippen LogP contribution in [0.15, 0.2) is 33.5 Å². The maximum Gasteiger partial charge on any atom is 0.336 e. The second-order valence-corrected chi connectivity index (χ2v) is 6.52. The van der Waals surface area contributed by atoms with Gasteiger partial charge in [0.2, 0.25) is 5.91 Å². The molecule has 1 aliphatic heterocycles. The molecule has 3 rings (SSSR count). The van der Waals surface area contributed by atoms with E-state index in [0.29, 0.717) is 12.1 Å². The largest absolute Gasteiger partial charge is 0.423 e. The van der Waals surface area contributed by atoms with Crippen LogP contribution in [-0.4, -0.2) is 55.6 Å². The van der Waals surface area contributed by atoms with E-state index in [0.717, 1.165) is 49.1 Å². The zero-order valence-electron chi connectivity index (χ0n) is 14.8. The Morgan fingerprint density at radius 2 is 2.04 bits per heavy atom. The van der Waals surface area contributed by atoms with E-state index in [1.807, 2.05) is 24.0 Å². The van der Waals surface area contributed by atoms with Crippen LogP contribution in [0.1, 0.15) is 17.5 Å². The molecule has 6 nitrogen and oxygen atoms in total. The normalized spacial score (nSPS) is 16.2. The maximum absolute atomic E-state index is 12.0. The van der Waals surface area contributed by atoms with E-state index in [2.05, 4.69) is 11.0 Å². The van der Waals surface area contributed by atoms with Gasteiger partial charge in [-0.1, -0.05) is 12.1 Å². The number of nitrogens with zero attached hydrogens (tertiary/aromatic N) is 2. The van der Waals surface area contributed by atoms with Crippen molar-refractivity contribution in [1.29, 1.82) is 0 Å². The zero-order chi connectivity index (χ0) is 17.8. The lowest BCUT2D eigenvalue weighted by molar-refractivity contribution is -0.135. The van der Waals surface area contributed by atoms with Crippen molar-refractivity contribution in [3.8, 4) is 0 Å². The van der Waals surface area contributed by atoms with Crippen molar-refractivity contribution in [1.82, 2.24) is 9.80 Å². The summed E-state index contributed by atoms with van der Waals surface area (Å²) in [4.78, 5) is 27.7. The molecular weight excluding hydrogens is 320 g/mol. The van der Waals surface area contributed by atoms with Crippen molar-refractivity contribution in [2.24, 2.45) is 0 Å². The molecule has 1 amide bonds. The Labute approximate surface area is 147 Å². The molecule has 0 spiro atoms. The minimum absolute atomic E-state index is 0.0484. The van der Waals surface area contributed by atoms with Crippen molar-refractivity contribution in [2.75, 3.05) is 39.9 Å². The second kappa shape index (κ2) is 7.80. The predicted octanol–water partition coefficient (Wildman–Crippen LogP) is 1.78. The first kappa shape index (κ1) is 17.6. The molecule has 1 fully saturated rings. The molecule has 134 valence electrons. The lowest BCUT2D eigenvalue weighted by Gasteiger charge is -2.22. The van der Waals surface area contributed by atoms with Gasteiger partial charge in [-0.2, -0.15) is 0 Å². The highest BCUT2D eigenvalue weighted by molar-refractivity contribution is 5.80. The first-order valence-corrected chi connectivity index (χ1v) is 8.59. The lowest BCUT2D eigenvalue weighted by atomic mass is 10.1. The highest BCUT2D eigenvalue weighted by Gasteiger charge is 2.19. The Kier molecular flexibility index (Phi) is 5.50. The van der Waals surface area contributed by atoms with Gasteiger partial charge in [0.05, 0.1) is 0 Å². The number of carbonyl (C=O) groups excluding carboxylic acids is 1. The quantitative estimate of drug-likeness (QED) is 0.791. The Morgan fingerprint density at radius 1 is 1.20 bits per heavy atom. The van der Waals surface area contributed by atoms with E-state index in [1.54, 1.807) is 7.11 Å². The molecule has 1 aromatic heterocycles. The summed E-state index contributed by atoms with van der Waals surface area (Å²) in [7, 11) is 1.54. The third-order valence-corrected chi connectivity index (χ3v) is 4.63. The lowest BCUT2D eigenvalue weighted by Crippen LogP contribution is -2.37. The van der Waals surface area contributed by atoms with Gasteiger partial charge in [-0.15, -0.1) is 0 Å². The molecule has 2 heterocycles. The fourth-order valence-corrected chi connectivity index (χ4v) is 3.32. The van der Waals surface area contributed by atoms with E-state index in [9.17, 15) is 9.59 Å². The smallest absolute Gasteiger partial charge is 0.336 e. The van der Waals surface area contributed by atoms with Crippen LogP contribution in [0.3, 0.4) is 0 Å². The average molecular weight is 344 g/mol. The second-order valence-electron chi connectivity index (χ2n) is 6.52. The van der Waals surface area contributed by atoms with Crippen LogP contribution in [0.5, 0.6) is 0 Å². The number of aryl methyl sites for hydroxylation is 1. The van der Waals surface area contributed by atoms with Gasteiger partial charge in [0.25, 0.3) is 0 Å². The van der Waals surface area contributed by atoms with Crippen molar-refractivity contribution >= 4 is 16.9 Å². The van der Waals surface area contributed by atoms with Crippen molar-refractivity contribution < 1.29 is 13.9 Å². The summed E-state index contributed by atoms with van der Waals surface area (Å²) in [6.45, 7) is 6.08. The van der Waals surface area contributed by atoms with Gasteiger partial charge in [-0.3, -0.25) is 9.69 Å². The number of ether oxygens (including phenoxy) is 1. The molecule has 0 aliphatic carbocycles. The fourth-order valence-electron chi connectivity index (χ4n) is 3.32. The number of carbonyl (C=O) groups is 1. The summed E-state index contributed by atoms with van der Waals surface area (Å²) in [5, 5.41) is 0.968. The Hall–Kier alpha value is -2.18. The molecule has 0 radical (unpaired) electrons. The van der Waals surface area contributed by atoms with E-state index in [4.69, 9.17) is 9.15 Å². The Morgan fingerprint density at radius 3 is 2.84 bits per heavy atom. The standard InChI is InChI=1S/C19H24N2O4/c1-14-10-19(23)25-17-11-15(4-5-16(14)17)12-20-6-3-7-21(9-8-20)18(22)13-24-2/h4-5,10-11H,3,6-9,12-13H2,1-2H3. The van der Waals surface area contributed by atoms with Gasteiger partial charge in [-0.05, 0) is 30.5 Å². The van der Waals surface area contributed by atoms with Gasteiger partial charge >= 0.3 is 5.63 Å². The van der Waals surface area contributed by atoms with Gasteiger partial charge in [-0.25, -0.2) is 4.79 Å². The summed E-state index contributed by atoms with van der Waals surface area (Å²) >= 11 is 0. The van der Waals surface area contributed by atoms with Crippen LogP contribution in [0.25, 0.3) is 11.0 Å². The first-order valence-electron chi connectivity index (χ1n) is 8.59. The summed E-state index contributed by atoms with van der Waals surface area (Å²) in [5.74, 6) is 0.0484. The summed E-state index contributed by atoms with van der Waals surface area (Å²) < 4.78 is 10.3. The van der Waals surface area contributed by atoms with Crippen LogP contribution in [0.2, 0.25) is 0 Å². The molecule has 1 aromatic carbocycles. The third-order valence-electron chi connectivity index (χ3n) is 4.63. The van der Waals surface area contributed by atoms with Gasteiger partial charge in [0, 0.05) is 51.3 Å². The number of methoxy groups -OCH3 is 1. The Balaban J connectivity index is 1.69. The van der Waals surface area contributed by atoms with Crippen LogP contribution in [-0.2, 0) is 16.1 Å². The van der Waals surface area contributed by atoms with E-state index in [1.165, 1.54) is 6.07 Å². The zero-order valence-corrected chi connectivity index (χ0v) is 14.8. The molecule has 0 unspecified atom stereocenters. The van der Waals surface area contributed by atoms with Crippen molar-refractivity contribution in [3.05, 3.63) is 45.8 Å². The highest BCUT2D eigenvalue weighted by atomic mass is 16.5. The first-order chi connectivity index (χ1) is 12.1. The summed E-state index contributed by atoms with van der Waals surface area (Å²) in [6, 6.07) is 7.55. The summed E-state index contributed by atoms with van der Waals surface area (Å²) in [6.07, 6.45) is 0.942. The molecule has 2 aromatic rings. The minimum Gasteiger partial charge on any atom is -0.423 e. The molecular formula is C19H24N2O4. The predicted molar refractivity (Wildman–Crippen MR) is 95.6 cm³/mol. The van der Waals surface area contributed by atoms with Gasteiger partial charge in [0.15, 0.2) is 0 Å². The number of hydrogen-bond acceptors (Lipinski definition) is 5. The molecule has 0 atom stereocenters. The van der Waals surface area contributed by atoms with Crippen LogP contribution in [0, 0.1) is 6.92 Å². The van der Waals surface area contributed by atoms with Crippen molar-refractivity contribution in [2.45, 2.75) is 19.9 Å². The third kappa shape index (κ3) is 4.27. The Bertz CT molecular complexity index is 815. The van der Waals surface area contributed by atoms with Crippen LogP contribution in [0.4, 0.5) is 0 Å². The van der Waals surface area contributed by atoms with Crippen molar-refractivity contribution in [3.63, 3.8) is 0 Å². The number of hydrogen-bond donors (Lipinski definition) is 0. The van der Waals surface area contributed by atoms with Crippen LogP contribution >= 0.6 is 0 Å². The van der Waals surface area contributed by atoms with Gasteiger partial charge in [0.1, 0.15) is 12.2 Å². The van der Waals surface area contributed by atoms with E-state index < -0.39 is 0 Å². The number of amides is 1. The molecule has 1 saturated heterocycles. The SMILES string of the molecule is COCC(=O)N1CCCN(Cc2ccc3c(C)cc(=O)oc3c2)CC1. The van der Waals surface area contributed by atoms with Gasteiger partial charge < -0.3 is 14.1 Å². The fraction of sp³-hybridized carbons (Fsp3) is 0.474. The number of benzene rings is 1. The van der Waals surface area contributed by atoms with E-state index in [-0.39, 0.29) is 18.1 Å². The molecule has 6 heteroatoms. The topological polar surface area (TPSA) is 63.0 Å². The summed E-state index contributed by atoms with van der Waals surface area (Å²) in [5.41, 5.74) is 2.36.